The van der Waals surface area contributed by atoms with Crippen molar-refractivity contribution in [2.75, 3.05) is 0 Å². The third-order valence-corrected chi connectivity index (χ3v) is 4.32. The molecule has 1 aliphatic heterocycles. The van der Waals surface area contributed by atoms with Gasteiger partial charge in [0.25, 0.3) is 0 Å². The fraction of sp³-hybridized carbons (Fsp3) is 0.190. The molecule has 2 aromatic carbocycles. The lowest BCUT2D eigenvalue weighted by atomic mass is 9.87. The number of carbonyl (C=O) groups excluding carboxylic acids is 3. The topological polar surface area (TPSA) is 54.5 Å². The van der Waals surface area contributed by atoms with Gasteiger partial charge in [-0.25, -0.2) is 0 Å². The van der Waals surface area contributed by atoms with Gasteiger partial charge in [0, 0.05) is 18.5 Å². The van der Waals surface area contributed by atoms with Crippen LogP contribution >= 0.6 is 0 Å². The van der Waals surface area contributed by atoms with Crippen molar-refractivity contribution in [1.29, 1.82) is 0 Å². The fourth-order valence-corrected chi connectivity index (χ4v) is 3.04. The Morgan fingerprint density at radius 2 is 1.48 bits per heavy atom. The lowest BCUT2D eigenvalue weighted by Gasteiger charge is -2.22. The molecule has 3 rings (SSSR count). The van der Waals surface area contributed by atoms with E-state index in [1.807, 2.05) is 60.7 Å². The van der Waals surface area contributed by atoms with E-state index in [1.54, 1.807) is 0 Å². The minimum atomic E-state index is -0.450. The lowest BCUT2D eigenvalue weighted by Crippen LogP contribution is -2.36. The molecule has 0 fully saturated rings. The van der Waals surface area contributed by atoms with Gasteiger partial charge in [-0.1, -0.05) is 60.7 Å². The van der Waals surface area contributed by atoms with Crippen molar-refractivity contribution in [3.63, 3.8) is 0 Å². The van der Waals surface area contributed by atoms with Crippen molar-refractivity contribution in [1.82, 2.24) is 4.90 Å². The Balaban J connectivity index is 1.75. The zero-order valence-electron chi connectivity index (χ0n) is 13.8. The molecule has 0 saturated heterocycles. The second-order valence-electron chi connectivity index (χ2n) is 6.03. The zero-order valence-corrected chi connectivity index (χ0v) is 13.8. The quantitative estimate of drug-likeness (QED) is 0.788. The van der Waals surface area contributed by atoms with Gasteiger partial charge in [-0.2, -0.15) is 0 Å². The number of benzene rings is 2. The van der Waals surface area contributed by atoms with E-state index in [4.69, 9.17) is 0 Å². The third-order valence-electron chi connectivity index (χ3n) is 4.32. The predicted molar refractivity (Wildman–Crippen MR) is 94.6 cm³/mol. The number of hydrogen-bond acceptors (Lipinski definition) is 3. The second kappa shape index (κ2) is 7.71. The Hall–Kier alpha value is -3.01. The highest BCUT2D eigenvalue weighted by Crippen LogP contribution is 2.29. The number of imide groups is 1. The van der Waals surface area contributed by atoms with E-state index in [-0.39, 0.29) is 30.4 Å². The van der Waals surface area contributed by atoms with Gasteiger partial charge >= 0.3 is 0 Å². The molecule has 0 saturated carbocycles. The van der Waals surface area contributed by atoms with Crippen molar-refractivity contribution in [2.24, 2.45) is 0 Å². The number of carbonyl (C=O) groups is 3. The molecule has 1 heterocycles. The van der Waals surface area contributed by atoms with E-state index < -0.39 is 5.91 Å². The summed E-state index contributed by atoms with van der Waals surface area (Å²) >= 11 is 0. The van der Waals surface area contributed by atoms with Gasteiger partial charge in [0.05, 0.1) is 6.42 Å². The average molecular weight is 333 g/mol. The smallest absolute Gasteiger partial charge is 0.241 e. The van der Waals surface area contributed by atoms with Gasteiger partial charge in [0.2, 0.25) is 11.8 Å². The summed E-state index contributed by atoms with van der Waals surface area (Å²) in [6, 6.07) is 20.0. The fourth-order valence-electron chi connectivity index (χ4n) is 3.04. The van der Waals surface area contributed by atoms with Gasteiger partial charge in [0.1, 0.15) is 0 Å². The Morgan fingerprint density at radius 1 is 0.920 bits per heavy atom. The van der Waals surface area contributed by atoms with Crippen LogP contribution in [0.15, 0.2) is 72.9 Å². The molecular weight excluding hydrogens is 314 g/mol. The molecule has 0 spiro atoms. The number of ketones is 1. The highest BCUT2D eigenvalue weighted by Gasteiger charge is 2.25. The number of allylic oxidation sites excluding steroid dienone is 1. The molecule has 2 aromatic rings. The summed E-state index contributed by atoms with van der Waals surface area (Å²) < 4.78 is 0. The first-order chi connectivity index (χ1) is 12.1. The predicted octanol–water partition coefficient (Wildman–Crippen LogP) is 3.44. The van der Waals surface area contributed by atoms with Gasteiger partial charge in [0.15, 0.2) is 5.78 Å². The second-order valence-corrected chi connectivity index (χ2v) is 6.03. The van der Waals surface area contributed by atoms with E-state index in [0.29, 0.717) is 6.42 Å². The normalized spacial score (nSPS) is 14.2. The molecular formula is C21H19NO3. The molecule has 0 aromatic heterocycles. The molecule has 2 amide bonds. The Morgan fingerprint density at radius 3 is 2.00 bits per heavy atom. The van der Waals surface area contributed by atoms with Crippen LogP contribution < -0.4 is 0 Å². The van der Waals surface area contributed by atoms with Crippen LogP contribution in [0.1, 0.15) is 36.3 Å². The van der Waals surface area contributed by atoms with Gasteiger partial charge in [-0.3, -0.25) is 19.3 Å². The molecule has 126 valence electrons. The minimum Gasteiger partial charge on any atom is -0.294 e. The van der Waals surface area contributed by atoms with E-state index in [0.717, 1.165) is 16.0 Å². The Kier molecular flexibility index (Phi) is 5.19. The third kappa shape index (κ3) is 4.10. The average Bonchev–Trinajstić information content (AvgIpc) is 2.63. The standard InChI is InChI=1S/C21H19NO3/c23-18-13-14-22(21(25)15-18)20(24)12-11-19(16-7-3-1-4-8-16)17-9-5-2-6-10-17/h1-10,13-14,19H,11-12,15H2. The highest BCUT2D eigenvalue weighted by atomic mass is 16.2. The first kappa shape index (κ1) is 16.8. The summed E-state index contributed by atoms with van der Waals surface area (Å²) in [7, 11) is 0. The monoisotopic (exact) mass is 333 g/mol. The molecule has 0 radical (unpaired) electrons. The molecule has 0 bridgehead atoms. The van der Waals surface area contributed by atoms with Crippen LogP contribution in [0.5, 0.6) is 0 Å². The van der Waals surface area contributed by atoms with Crippen molar-refractivity contribution in [2.45, 2.75) is 25.2 Å². The molecule has 4 nitrogen and oxygen atoms in total. The summed E-state index contributed by atoms with van der Waals surface area (Å²) in [4.78, 5) is 36.6. The number of amides is 2. The number of hydrogen-bond donors (Lipinski definition) is 0. The molecule has 25 heavy (non-hydrogen) atoms. The summed E-state index contributed by atoms with van der Waals surface area (Å²) in [5.41, 5.74) is 2.27. The molecule has 0 N–H and O–H groups in total. The minimum absolute atomic E-state index is 0.0804. The van der Waals surface area contributed by atoms with Gasteiger partial charge in [-0.05, 0) is 23.6 Å². The molecule has 0 aliphatic carbocycles. The maximum absolute atomic E-state index is 12.4. The van der Waals surface area contributed by atoms with Crippen molar-refractivity contribution < 1.29 is 14.4 Å². The molecule has 4 heteroatoms. The van der Waals surface area contributed by atoms with Crippen molar-refractivity contribution >= 4 is 17.6 Å². The maximum Gasteiger partial charge on any atom is 0.241 e. The highest BCUT2D eigenvalue weighted by molar-refractivity contribution is 6.11. The van der Waals surface area contributed by atoms with Crippen LogP contribution in [0.4, 0.5) is 0 Å². The largest absolute Gasteiger partial charge is 0.294 e. The Bertz CT molecular complexity index is 757. The van der Waals surface area contributed by atoms with Crippen molar-refractivity contribution in [3.8, 4) is 0 Å². The van der Waals surface area contributed by atoms with E-state index >= 15 is 0 Å². The van der Waals surface area contributed by atoms with Crippen LogP contribution in [-0.4, -0.2) is 22.5 Å². The van der Waals surface area contributed by atoms with Crippen LogP contribution in [0.25, 0.3) is 0 Å². The van der Waals surface area contributed by atoms with Gasteiger partial charge < -0.3 is 0 Å². The van der Waals surface area contributed by atoms with E-state index in [9.17, 15) is 14.4 Å². The summed E-state index contributed by atoms with van der Waals surface area (Å²) in [5, 5.41) is 0. The summed E-state index contributed by atoms with van der Waals surface area (Å²) in [5.74, 6) is -0.906. The van der Waals surface area contributed by atoms with E-state index in [2.05, 4.69) is 0 Å². The summed E-state index contributed by atoms with van der Waals surface area (Å²) in [6.07, 6.45) is 3.17. The lowest BCUT2D eigenvalue weighted by molar-refractivity contribution is -0.143. The Labute approximate surface area is 146 Å². The molecule has 0 atom stereocenters. The summed E-state index contributed by atoms with van der Waals surface area (Å²) in [6.45, 7) is 0. The SMILES string of the molecule is O=C1C=CN(C(=O)CCC(c2ccccc2)c2ccccc2)C(=O)C1. The number of rotatable bonds is 5. The van der Waals surface area contributed by atoms with Crippen molar-refractivity contribution in [3.05, 3.63) is 84.1 Å². The van der Waals surface area contributed by atoms with Crippen LogP contribution in [0.2, 0.25) is 0 Å². The van der Waals surface area contributed by atoms with Gasteiger partial charge in [-0.15, -0.1) is 0 Å². The maximum atomic E-state index is 12.4. The number of nitrogens with zero attached hydrogens (tertiary/aromatic N) is 1. The van der Waals surface area contributed by atoms with Crippen LogP contribution in [0.3, 0.4) is 0 Å². The first-order valence-electron chi connectivity index (χ1n) is 8.31. The molecule has 0 unspecified atom stereocenters. The van der Waals surface area contributed by atoms with E-state index in [1.165, 1.54) is 12.3 Å². The zero-order chi connectivity index (χ0) is 17.6. The first-order valence-corrected chi connectivity index (χ1v) is 8.31. The van der Waals surface area contributed by atoms with Crippen LogP contribution in [0, 0.1) is 0 Å². The van der Waals surface area contributed by atoms with Crippen LogP contribution in [-0.2, 0) is 14.4 Å². The molecule has 1 aliphatic rings.